The third kappa shape index (κ3) is 2.34. The first-order chi connectivity index (χ1) is 8.04. The second-order valence-electron chi connectivity index (χ2n) is 4.99. The van der Waals surface area contributed by atoms with Crippen molar-refractivity contribution in [3.05, 3.63) is 42.0 Å². The molecule has 90 valence electrons. The molecule has 0 saturated heterocycles. The van der Waals surface area contributed by atoms with Crippen molar-refractivity contribution in [2.75, 3.05) is 0 Å². The van der Waals surface area contributed by atoms with Gasteiger partial charge in [-0.05, 0) is 12.1 Å². The van der Waals surface area contributed by atoms with Crippen LogP contribution in [0, 0.1) is 0 Å². The highest BCUT2D eigenvalue weighted by Crippen LogP contribution is 2.25. The Morgan fingerprint density at radius 1 is 1.12 bits per heavy atom. The van der Waals surface area contributed by atoms with Gasteiger partial charge in [0.05, 0.1) is 5.88 Å². The zero-order valence-electron chi connectivity index (χ0n) is 10.3. The zero-order chi connectivity index (χ0) is 12.5. The van der Waals surface area contributed by atoms with Crippen LogP contribution in [0.15, 0.2) is 30.3 Å². The highest BCUT2D eigenvalue weighted by atomic mass is 35.5. The smallest absolute Gasteiger partial charge is 0.152 e. The van der Waals surface area contributed by atoms with E-state index >= 15 is 0 Å². The molecule has 0 fully saturated rings. The van der Waals surface area contributed by atoms with Crippen molar-refractivity contribution >= 4 is 11.6 Å². The van der Waals surface area contributed by atoms with E-state index in [1.54, 1.807) is 0 Å². The average molecular weight is 250 g/mol. The summed E-state index contributed by atoms with van der Waals surface area (Å²) >= 11 is 5.92. The van der Waals surface area contributed by atoms with E-state index in [4.69, 9.17) is 11.6 Å². The Morgan fingerprint density at radius 2 is 1.76 bits per heavy atom. The van der Waals surface area contributed by atoms with E-state index in [2.05, 4.69) is 31.0 Å². The minimum Gasteiger partial charge on any atom is -0.282 e. The van der Waals surface area contributed by atoms with E-state index in [0.29, 0.717) is 5.88 Å². The monoisotopic (exact) mass is 249 g/mol. The molecule has 1 aromatic heterocycles. The van der Waals surface area contributed by atoms with Gasteiger partial charge in [-0.1, -0.05) is 39.0 Å². The maximum atomic E-state index is 5.92. The van der Waals surface area contributed by atoms with Crippen LogP contribution in [-0.4, -0.2) is 14.8 Å². The van der Waals surface area contributed by atoms with Crippen LogP contribution >= 0.6 is 11.6 Å². The number of nitrogens with zero attached hydrogens (tertiary/aromatic N) is 3. The zero-order valence-corrected chi connectivity index (χ0v) is 11.1. The molecule has 3 nitrogen and oxygen atoms in total. The predicted octanol–water partition coefficient (Wildman–Crippen LogP) is 3.30. The maximum Gasteiger partial charge on any atom is 0.152 e. The molecule has 17 heavy (non-hydrogen) atoms. The quantitative estimate of drug-likeness (QED) is 0.765. The minimum atomic E-state index is -0.0624. The van der Waals surface area contributed by atoms with Crippen LogP contribution in [0.5, 0.6) is 0 Å². The van der Waals surface area contributed by atoms with Crippen LogP contribution in [0.4, 0.5) is 0 Å². The minimum absolute atomic E-state index is 0.0624. The van der Waals surface area contributed by atoms with E-state index in [9.17, 15) is 0 Å². The molecule has 0 atom stereocenters. The van der Waals surface area contributed by atoms with E-state index in [1.165, 1.54) is 0 Å². The molecule has 0 bridgehead atoms. The Morgan fingerprint density at radius 3 is 2.29 bits per heavy atom. The number of hydrogen-bond acceptors (Lipinski definition) is 2. The Balaban J connectivity index is 2.62. The van der Waals surface area contributed by atoms with Gasteiger partial charge in [0, 0.05) is 11.1 Å². The van der Waals surface area contributed by atoms with Crippen LogP contribution in [0.3, 0.4) is 0 Å². The molecule has 0 N–H and O–H groups in total. The third-order valence-corrected chi connectivity index (χ3v) is 2.77. The highest BCUT2D eigenvalue weighted by Gasteiger charge is 2.24. The number of alkyl halides is 1. The van der Waals surface area contributed by atoms with Crippen LogP contribution in [-0.2, 0) is 11.3 Å². The lowest BCUT2D eigenvalue weighted by molar-refractivity contribution is 0.532. The Kier molecular flexibility index (Phi) is 3.20. The van der Waals surface area contributed by atoms with Crippen LogP contribution in [0.25, 0.3) is 5.69 Å². The molecule has 2 aromatic rings. The van der Waals surface area contributed by atoms with Crippen molar-refractivity contribution in [3.63, 3.8) is 0 Å². The lowest BCUT2D eigenvalue weighted by Gasteiger charge is -2.19. The van der Waals surface area contributed by atoms with E-state index in [-0.39, 0.29) is 5.41 Å². The molecular weight excluding hydrogens is 234 g/mol. The number of halogens is 1. The van der Waals surface area contributed by atoms with Gasteiger partial charge in [-0.3, -0.25) is 4.57 Å². The van der Waals surface area contributed by atoms with Crippen LogP contribution in [0.1, 0.15) is 32.4 Å². The van der Waals surface area contributed by atoms with Gasteiger partial charge < -0.3 is 0 Å². The number of para-hydroxylation sites is 1. The summed E-state index contributed by atoms with van der Waals surface area (Å²) in [4.78, 5) is 0. The fourth-order valence-corrected chi connectivity index (χ4v) is 1.91. The first-order valence-corrected chi connectivity index (χ1v) is 6.13. The van der Waals surface area contributed by atoms with Gasteiger partial charge in [0.1, 0.15) is 5.82 Å². The van der Waals surface area contributed by atoms with Crippen molar-refractivity contribution in [1.29, 1.82) is 0 Å². The van der Waals surface area contributed by atoms with Crippen molar-refractivity contribution in [2.45, 2.75) is 32.1 Å². The molecule has 0 aliphatic heterocycles. The second-order valence-corrected chi connectivity index (χ2v) is 5.26. The molecule has 0 aliphatic carbocycles. The summed E-state index contributed by atoms with van der Waals surface area (Å²) in [5.74, 6) is 2.07. The fourth-order valence-electron chi connectivity index (χ4n) is 1.74. The van der Waals surface area contributed by atoms with E-state index in [1.807, 2.05) is 34.9 Å². The maximum absolute atomic E-state index is 5.92. The van der Waals surface area contributed by atoms with Gasteiger partial charge >= 0.3 is 0 Å². The molecule has 4 heteroatoms. The Bertz CT molecular complexity index is 497. The molecule has 0 saturated carbocycles. The summed E-state index contributed by atoms with van der Waals surface area (Å²) in [6, 6.07) is 10.1. The first kappa shape index (κ1) is 12.1. The summed E-state index contributed by atoms with van der Waals surface area (Å²) in [5, 5.41) is 8.42. The fraction of sp³-hybridized carbons (Fsp3) is 0.385. The predicted molar refractivity (Wildman–Crippen MR) is 69.6 cm³/mol. The largest absolute Gasteiger partial charge is 0.282 e. The van der Waals surface area contributed by atoms with Crippen molar-refractivity contribution in [1.82, 2.24) is 14.8 Å². The first-order valence-electron chi connectivity index (χ1n) is 5.60. The second kappa shape index (κ2) is 4.49. The SMILES string of the molecule is CC(C)(C)c1nnc(CCl)n1-c1ccccc1. The van der Waals surface area contributed by atoms with Gasteiger partial charge in [0.15, 0.2) is 5.82 Å². The molecule has 1 heterocycles. The standard InChI is InChI=1S/C13H16ClN3/c1-13(2,3)12-16-15-11(9-14)17(12)10-7-5-4-6-8-10/h4-8H,9H2,1-3H3. The van der Waals surface area contributed by atoms with Crippen molar-refractivity contribution < 1.29 is 0 Å². The molecule has 0 amide bonds. The number of rotatable bonds is 2. The number of hydrogen-bond donors (Lipinski definition) is 0. The highest BCUT2D eigenvalue weighted by molar-refractivity contribution is 6.16. The lowest BCUT2D eigenvalue weighted by atomic mass is 9.95. The van der Waals surface area contributed by atoms with Gasteiger partial charge in [0.2, 0.25) is 0 Å². The van der Waals surface area contributed by atoms with Crippen molar-refractivity contribution in [2.24, 2.45) is 0 Å². The molecule has 2 rings (SSSR count). The summed E-state index contributed by atoms with van der Waals surface area (Å²) < 4.78 is 2.03. The average Bonchev–Trinajstić information content (AvgIpc) is 2.73. The number of aromatic nitrogens is 3. The molecule has 1 aromatic carbocycles. The van der Waals surface area contributed by atoms with Crippen LogP contribution in [0.2, 0.25) is 0 Å². The molecule has 0 unspecified atom stereocenters. The molecule has 0 spiro atoms. The van der Waals surface area contributed by atoms with Crippen molar-refractivity contribution in [3.8, 4) is 5.69 Å². The van der Waals surface area contributed by atoms with Crippen LogP contribution < -0.4 is 0 Å². The lowest BCUT2D eigenvalue weighted by Crippen LogP contribution is -2.19. The Labute approximate surface area is 106 Å². The Hall–Kier alpha value is -1.35. The van der Waals surface area contributed by atoms with Gasteiger partial charge in [-0.2, -0.15) is 0 Å². The molecule has 0 radical (unpaired) electrons. The topological polar surface area (TPSA) is 30.7 Å². The van der Waals surface area contributed by atoms with E-state index in [0.717, 1.165) is 17.3 Å². The third-order valence-electron chi connectivity index (χ3n) is 2.53. The normalized spacial score (nSPS) is 11.8. The number of benzene rings is 1. The van der Waals surface area contributed by atoms with Gasteiger partial charge in [-0.25, -0.2) is 0 Å². The van der Waals surface area contributed by atoms with E-state index < -0.39 is 0 Å². The molecule has 0 aliphatic rings. The summed E-state index contributed by atoms with van der Waals surface area (Å²) in [7, 11) is 0. The van der Waals surface area contributed by atoms with Gasteiger partial charge in [-0.15, -0.1) is 21.8 Å². The summed E-state index contributed by atoms with van der Waals surface area (Å²) in [5.41, 5.74) is 0.991. The summed E-state index contributed by atoms with van der Waals surface area (Å²) in [6.07, 6.45) is 0. The summed E-state index contributed by atoms with van der Waals surface area (Å²) in [6.45, 7) is 6.36. The van der Waals surface area contributed by atoms with Gasteiger partial charge in [0.25, 0.3) is 0 Å². The molecular formula is C13H16ClN3.